The lowest BCUT2D eigenvalue weighted by atomic mass is 10.2. The number of hydrogen-bond acceptors (Lipinski definition) is 2. The first-order chi connectivity index (χ1) is 5.38. The number of rotatable bonds is 1. The van der Waals surface area contributed by atoms with Gasteiger partial charge in [-0.25, -0.2) is 0 Å². The maximum Gasteiger partial charge on any atom is 0.0561 e. The third kappa shape index (κ3) is 1.43. The van der Waals surface area contributed by atoms with Crippen LogP contribution in [0, 0.1) is 0 Å². The van der Waals surface area contributed by atoms with Gasteiger partial charge in [-0.3, -0.25) is 0 Å². The van der Waals surface area contributed by atoms with Gasteiger partial charge in [0, 0.05) is 10.9 Å². The van der Waals surface area contributed by atoms with Gasteiger partial charge in [-0.2, -0.15) is 0 Å². The molecule has 0 spiro atoms. The van der Waals surface area contributed by atoms with E-state index in [1.165, 1.54) is 17.7 Å². The van der Waals surface area contributed by atoms with Gasteiger partial charge in [0.2, 0.25) is 0 Å². The van der Waals surface area contributed by atoms with Crippen molar-refractivity contribution in [2.75, 3.05) is 6.54 Å². The minimum atomic E-state index is 0.530. The summed E-state index contributed by atoms with van der Waals surface area (Å²) in [5.41, 5.74) is 0. The van der Waals surface area contributed by atoms with Crippen LogP contribution in [-0.4, -0.2) is 6.54 Å². The molecular formula is C8H10ClNS. The summed E-state index contributed by atoms with van der Waals surface area (Å²) in [6.07, 6.45) is 2.51. The Bertz CT molecular complexity index is 240. The highest BCUT2D eigenvalue weighted by Gasteiger charge is 2.19. The largest absolute Gasteiger partial charge is 0.309 e. The summed E-state index contributed by atoms with van der Waals surface area (Å²) in [5.74, 6) is 0. The third-order valence-electron chi connectivity index (χ3n) is 2.02. The molecule has 2 rings (SSSR count). The van der Waals surface area contributed by atoms with Crippen LogP contribution in [0.1, 0.15) is 23.8 Å². The number of nitrogens with one attached hydrogen (secondary N) is 1. The molecule has 0 radical (unpaired) electrons. The Kier molecular flexibility index (Phi) is 2.16. The molecule has 1 aromatic rings. The van der Waals surface area contributed by atoms with E-state index >= 15 is 0 Å². The van der Waals surface area contributed by atoms with Crippen LogP contribution < -0.4 is 5.32 Å². The molecule has 3 heteroatoms. The Labute approximate surface area is 75.4 Å². The van der Waals surface area contributed by atoms with E-state index in [-0.39, 0.29) is 0 Å². The van der Waals surface area contributed by atoms with E-state index in [9.17, 15) is 0 Å². The van der Waals surface area contributed by atoms with Crippen molar-refractivity contribution in [1.82, 2.24) is 5.32 Å². The molecule has 1 N–H and O–H groups in total. The normalized spacial score (nSPS) is 24.3. The van der Waals surface area contributed by atoms with Crippen molar-refractivity contribution < 1.29 is 0 Å². The van der Waals surface area contributed by atoms with Crippen LogP contribution >= 0.6 is 22.9 Å². The van der Waals surface area contributed by atoms with Gasteiger partial charge in [0.15, 0.2) is 0 Å². The van der Waals surface area contributed by atoms with Crippen molar-refractivity contribution in [2.24, 2.45) is 0 Å². The molecule has 0 aromatic carbocycles. The summed E-state index contributed by atoms with van der Waals surface area (Å²) in [4.78, 5) is 1.31. The van der Waals surface area contributed by atoms with E-state index in [4.69, 9.17) is 11.6 Å². The van der Waals surface area contributed by atoms with Crippen LogP contribution in [0.4, 0.5) is 0 Å². The fraction of sp³-hybridized carbons (Fsp3) is 0.500. The van der Waals surface area contributed by atoms with Crippen LogP contribution in [0.3, 0.4) is 0 Å². The van der Waals surface area contributed by atoms with Crippen molar-refractivity contribution in [3.8, 4) is 0 Å². The summed E-state index contributed by atoms with van der Waals surface area (Å²) < 4.78 is 0. The number of thiophene rings is 1. The Morgan fingerprint density at radius 1 is 1.64 bits per heavy atom. The highest BCUT2D eigenvalue weighted by molar-refractivity contribution is 7.10. The maximum atomic E-state index is 5.99. The van der Waals surface area contributed by atoms with Gasteiger partial charge in [-0.05, 0) is 30.8 Å². The fourth-order valence-electron chi connectivity index (χ4n) is 1.46. The zero-order chi connectivity index (χ0) is 7.68. The summed E-state index contributed by atoms with van der Waals surface area (Å²) in [6.45, 7) is 1.14. The minimum Gasteiger partial charge on any atom is -0.309 e. The highest BCUT2D eigenvalue weighted by atomic mass is 35.5. The lowest BCUT2D eigenvalue weighted by Gasteiger charge is -2.06. The van der Waals surface area contributed by atoms with Gasteiger partial charge in [0.05, 0.1) is 5.02 Å². The molecule has 1 aliphatic rings. The second-order valence-corrected chi connectivity index (χ2v) is 4.14. The molecule has 0 saturated carbocycles. The molecule has 1 aromatic heterocycles. The van der Waals surface area contributed by atoms with Crippen molar-refractivity contribution in [2.45, 2.75) is 18.9 Å². The van der Waals surface area contributed by atoms with Crippen molar-refractivity contribution >= 4 is 22.9 Å². The maximum absolute atomic E-state index is 5.99. The Balaban J connectivity index is 2.21. The summed E-state index contributed by atoms with van der Waals surface area (Å²) in [7, 11) is 0. The molecule has 0 unspecified atom stereocenters. The quantitative estimate of drug-likeness (QED) is 0.713. The summed E-state index contributed by atoms with van der Waals surface area (Å²) in [5, 5.41) is 6.40. The third-order valence-corrected chi connectivity index (χ3v) is 3.49. The first-order valence-electron chi connectivity index (χ1n) is 3.84. The predicted octanol–water partition coefficient (Wildman–Crippen LogP) is 2.83. The first-order valence-corrected chi connectivity index (χ1v) is 5.10. The molecule has 1 aliphatic heterocycles. The monoisotopic (exact) mass is 187 g/mol. The van der Waals surface area contributed by atoms with Gasteiger partial charge in [-0.1, -0.05) is 11.6 Å². The molecule has 1 fully saturated rings. The number of halogens is 1. The van der Waals surface area contributed by atoms with Crippen molar-refractivity contribution in [3.63, 3.8) is 0 Å². The van der Waals surface area contributed by atoms with Gasteiger partial charge in [0.25, 0.3) is 0 Å². The van der Waals surface area contributed by atoms with Crippen molar-refractivity contribution in [3.05, 3.63) is 21.3 Å². The minimum absolute atomic E-state index is 0.530. The Morgan fingerprint density at radius 3 is 3.09 bits per heavy atom. The van der Waals surface area contributed by atoms with Gasteiger partial charge in [0.1, 0.15) is 0 Å². The van der Waals surface area contributed by atoms with Crippen LogP contribution in [0.5, 0.6) is 0 Å². The molecule has 0 aliphatic carbocycles. The molecular weight excluding hydrogens is 178 g/mol. The van der Waals surface area contributed by atoms with E-state index in [1.54, 1.807) is 11.3 Å². The van der Waals surface area contributed by atoms with E-state index in [0.717, 1.165) is 11.6 Å². The van der Waals surface area contributed by atoms with Crippen LogP contribution in [0.15, 0.2) is 11.4 Å². The molecule has 0 bridgehead atoms. The van der Waals surface area contributed by atoms with E-state index < -0.39 is 0 Å². The lowest BCUT2D eigenvalue weighted by Crippen LogP contribution is -2.11. The lowest BCUT2D eigenvalue weighted by molar-refractivity contribution is 0.660. The average molecular weight is 188 g/mol. The van der Waals surface area contributed by atoms with Crippen LogP contribution in [-0.2, 0) is 0 Å². The molecule has 2 heterocycles. The van der Waals surface area contributed by atoms with Crippen molar-refractivity contribution in [1.29, 1.82) is 0 Å². The predicted molar refractivity (Wildman–Crippen MR) is 49.3 cm³/mol. The van der Waals surface area contributed by atoms with E-state index in [1.807, 2.05) is 6.07 Å². The summed E-state index contributed by atoms with van der Waals surface area (Å²) in [6, 6.07) is 2.50. The molecule has 11 heavy (non-hydrogen) atoms. The molecule has 1 nitrogen and oxygen atoms in total. The molecule has 1 saturated heterocycles. The Morgan fingerprint density at radius 2 is 2.55 bits per heavy atom. The fourth-order valence-corrected chi connectivity index (χ4v) is 2.76. The topological polar surface area (TPSA) is 12.0 Å². The van der Waals surface area contributed by atoms with Crippen LogP contribution in [0.2, 0.25) is 5.02 Å². The average Bonchev–Trinajstić information content (AvgIpc) is 2.55. The first kappa shape index (κ1) is 7.59. The van der Waals surface area contributed by atoms with Gasteiger partial charge >= 0.3 is 0 Å². The standard InChI is InChI=1S/C8H10ClNS/c9-6-3-5-11-8(6)7-2-1-4-10-7/h3,5,7,10H,1-2,4H2/t7-/m1/s1. The molecule has 60 valence electrons. The summed E-state index contributed by atoms with van der Waals surface area (Å²) >= 11 is 7.74. The molecule has 0 amide bonds. The van der Waals surface area contributed by atoms with E-state index in [0.29, 0.717) is 6.04 Å². The zero-order valence-electron chi connectivity index (χ0n) is 6.14. The zero-order valence-corrected chi connectivity index (χ0v) is 7.71. The second-order valence-electron chi connectivity index (χ2n) is 2.78. The molecule has 1 atom stereocenters. The Hall–Kier alpha value is -0.0500. The SMILES string of the molecule is Clc1ccsc1[C@H]1CCCN1. The van der Waals surface area contributed by atoms with Gasteiger partial charge in [-0.15, -0.1) is 11.3 Å². The second kappa shape index (κ2) is 3.13. The smallest absolute Gasteiger partial charge is 0.0561 e. The number of hydrogen-bond donors (Lipinski definition) is 1. The van der Waals surface area contributed by atoms with Gasteiger partial charge < -0.3 is 5.32 Å². The van der Waals surface area contributed by atoms with E-state index in [2.05, 4.69) is 10.7 Å². The highest BCUT2D eigenvalue weighted by Crippen LogP contribution is 2.33. The van der Waals surface area contributed by atoms with Crippen LogP contribution in [0.25, 0.3) is 0 Å².